The number of carbonyl (C=O) groups excluding carboxylic acids is 1. The summed E-state index contributed by atoms with van der Waals surface area (Å²) in [4.78, 5) is 15.9. The van der Waals surface area contributed by atoms with Gasteiger partial charge in [-0.3, -0.25) is 4.90 Å². The van der Waals surface area contributed by atoms with Crippen LogP contribution >= 0.6 is 11.8 Å². The molecule has 0 saturated carbocycles. The molecular formula is C16H22N2O2S. The summed E-state index contributed by atoms with van der Waals surface area (Å²) < 4.78 is 5.00. The van der Waals surface area contributed by atoms with Gasteiger partial charge in [-0.2, -0.15) is 11.8 Å². The van der Waals surface area contributed by atoms with Crippen LogP contribution < -0.4 is 0 Å². The highest BCUT2D eigenvalue weighted by Crippen LogP contribution is 2.35. The van der Waals surface area contributed by atoms with Crippen LogP contribution in [-0.4, -0.2) is 59.7 Å². The number of hydrogen-bond donors (Lipinski definition) is 0. The Labute approximate surface area is 130 Å². The number of cyclic esters (lactones) is 1. The van der Waals surface area contributed by atoms with Crippen LogP contribution in [0.3, 0.4) is 0 Å². The zero-order chi connectivity index (χ0) is 14.7. The molecule has 114 valence electrons. The normalized spacial score (nSPS) is 26.9. The molecule has 0 N–H and O–H groups in total. The van der Waals surface area contributed by atoms with E-state index in [0.29, 0.717) is 17.9 Å². The summed E-state index contributed by atoms with van der Waals surface area (Å²) in [7, 11) is 0. The van der Waals surface area contributed by atoms with Gasteiger partial charge >= 0.3 is 6.09 Å². The molecule has 2 aliphatic heterocycles. The van der Waals surface area contributed by atoms with Crippen LogP contribution in [0.15, 0.2) is 30.3 Å². The minimum absolute atomic E-state index is 0.161. The predicted molar refractivity (Wildman–Crippen MR) is 85.6 cm³/mol. The van der Waals surface area contributed by atoms with Crippen molar-refractivity contribution < 1.29 is 9.53 Å². The van der Waals surface area contributed by atoms with Crippen LogP contribution in [-0.2, 0) is 4.74 Å². The number of amides is 1. The van der Waals surface area contributed by atoms with Crippen LogP contribution in [0.4, 0.5) is 4.79 Å². The van der Waals surface area contributed by atoms with Crippen molar-refractivity contribution in [3.63, 3.8) is 0 Å². The molecule has 0 aliphatic carbocycles. The summed E-state index contributed by atoms with van der Waals surface area (Å²) in [5.74, 6) is 1.16. The van der Waals surface area contributed by atoms with Crippen molar-refractivity contribution in [1.29, 1.82) is 0 Å². The number of ether oxygens (including phenoxy) is 1. The van der Waals surface area contributed by atoms with Crippen LogP contribution in [0, 0.1) is 0 Å². The second-order valence-corrected chi connectivity index (χ2v) is 7.05. The summed E-state index contributed by atoms with van der Waals surface area (Å²) in [6, 6.07) is 11.1. The molecule has 5 heteroatoms. The van der Waals surface area contributed by atoms with Crippen molar-refractivity contribution in [1.82, 2.24) is 9.80 Å². The molecule has 1 aromatic carbocycles. The van der Waals surface area contributed by atoms with E-state index in [1.54, 1.807) is 0 Å². The molecule has 0 bridgehead atoms. The van der Waals surface area contributed by atoms with Gasteiger partial charge in [0.1, 0.15) is 6.61 Å². The van der Waals surface area contributed by atoms with Crippen molar-refractivity contribution in [3.05, 3.63) is 35.9 Å². The summed E-state index contributed by atoms with van der Waals surface area (Å²) in [6.45, 7) is 6.33. The van der Waals surface area contributed by atoms with Gasteiger partial charge in [0.15, 0.2) is 0 Å². The number of thioether (sulfide) groups is 1. The molecular weight excluding hydrogens is 284 g/mol. The molecule has 0 aromatic heterocycles. The average molecular weight is 306 g/mol. The van der Waals surface area contributed by atoms with Crippen molar-refractivity contribution in [2.45, 2.75) is 18.2 Å². The zero-order valence-electron chi connectivity index (χ0n) is 12.4. The first kappa shape index (κ1) is 14.7. The largest absolute Gasteiger partial charge is 0.448 e. The Bertz CT molecular complexity index is 482. The minimum Gasteiger partial charge on any atom is -0.448 e. The lowest BCUT2D eigenvalue weighted by molar-refractivity contribution is 0.145. The molecule has 2 saturated heterocycles. The fourth-order valence-corrected chi connectivity index (χ4v) is 4.37. The minimum atomic E-state index is -0.161. The third-order valence-electron chi connectivity index (χ3n) is 4.24. The first-order chi connectivity index (χ1) is 10.3. The molecule has 21 heavy (non-hydrogen) atoms. The topological polar surface area (TPSA) is 32.8 Å². The summed E-state index contributed by atoms with van der Waals surface area (Å²) in [5, 5.41) is 0.576. The van der Waals surface area contributed by atoms with Crippen LogP contribution in [0.5, 0.6) is 0 Å². The van der Waals surface area contributed by atoms with Gasteiger partial charge in [0.25, 0.3) is 0 Å². The Balaban J connectivity index is 1.68. The zero-order valence-corrected chi connectivity index (χ0v) is 13.2. The SMILES string of the molecule is C[C@H]1SCCN(CCN2CCOC2=O)[C@H]1c1ccccc1. The van der Waals surface area contributed by atoms with E-state index in [0.717, 1.165) is 31.9 Å². The van der Waals surface area contributed by atoms with Crippen molar-refractivity contribution in [3.8, 4) is 0 Å². The molecule has 0 radical (unpaired) electrons. The lowest BCUT2D eigenvalue weighted by atomic mass is 10.0. The Morgan fingerprint density at radius 3 is 2.76 bits per heavy atom. The number of hydrogen-bond acceptors (Lipinski definition) is 4. The fourth-order valence-electron chi connectivity index (χ4n) is 3.14. The van der Waals surface area contributed by atoms with Gasteiger partial charge in [0.2, 0.25) is 0 Å². The van der Waals surface area contributed by atoms with Gasteiger partial charge in [0, 0.05) is 36.7 Å². The Morgan fingerprint density at radius 2 is 2.05 bits per heavy atom. The quantitative estimate of drug-likeness (QED) is 0.856. The summed E-state index contributed by atoms with van der Waals surface area (Å²) >= 11 is 2.04. The molecule has 2 fully saturated rings. The Hall–Kier alpha value is -1.20. The van der Waals surface area contributed by atoms with E-state index in [1.165, 1.54) is 5.56 Å². The molecule has 2 aliphatic rings. The molecule has 0 spiro atoms. The molecule has 1 aromatic rings. The molecule has 1 amide bonds. The first-order valence-electron chi connectivity index (χ1n) is 7.58. The third-order valence-corrected chi connectivity index (χ3v) is 5.44. The molecule has 0 unspecified atom stereocenters. The predicted octanol–water partition coefficient (Wildman–Crippen LogP) is 2.62. The lowest BCUT2D eigenvalue weighted by Crippen LogP contribution is -2.44. The van der Waals surface area contributed by atoms with Gasteiger partial charge in [0.05, 0.1) is 6.54 Å². The Morgan fingerprint density at radius 1 is 1.24 bits per heavy atom. The molecule has 4 nitrogen and oxygen atoms in total. The second-order valence-electron chi connectivity index (χ2n) is 5.57. The number of nitrogens with zero attached hydrogens (tertiary/aromatic N) is 2. The maximum atomic E-state index is 11.5. The van der Waals surface area contributed by atoms with Crippen molar-refractivity contribution in [2.75, 3.05) is 38.5 Å². The maximum Gasteiger partial charge on any atom is 0.409 e. The fraction of sp³-hybridized carbons (Fsp3) is 0.562. The number of rotatable bonds is 4. The van der Waals surface area contributed by atoms with Crippen LogP contribution in [0.2, 0.25) is 0 Å². The van der Waals surface area contributed by atoms with E-state index in [2.05, 4.69) is 42.2 Å². The van der Waals surface area contributed by atoms with E-state index in [4.69, 9.17) is 4.74 Å². The number of benzene rings is 1. The molecule has 2 heterocycles. The molecule has 2 atom stereocenters. The highest BCUT2D eigenvalue weighted by atomic mass is 32.2. The van der Waals surface area contributed by atoms with Crippen LogP contribution in [0.1, 0.15) is 18.5 Å². The maximum absolute atomic E-state index is 11.5. The summed E-state index contributed by atoms with van der Waals surface area (Å²) in [5.41, 5.74) is 1.38. The first-order valence-corrected chi connectivity index (χ1v) is 8.63. The highest BCUT2D eigenvalue weighted by molar-refractivity contribution is 8.00. The van der Waals surface area contributed by atoms with Gasteiger partial charge in [-0.05, 0) is 5.56 Å². The third kappa shape index (κ3) is 3.35. The van der Waals surface area contributed by atoms with E-state index in [9.17, 15) is 4.79 Å². The van der Waals surface area contributed by atoms with Gasteiger partial charge in [-0.25, -0.2) is 4.79 Å². The Kier molecular flexibility index (Phi) is 4.70. The van der Waals surface area contributed by atoms with Gasteiger partial charge in [-0.1, -0.05) is 37.3 Å². The average Bonchev–Trinajstić information content (AvgIpc) is 2.91. The van der Waals surface area contributed by atoms with E-state index < -0.39 is 0 Å². The number of carbonyl (C=O) groups is 1. The van der Waals surface area contributed by atoms with E-state index >= 15 is 0 Å². The highest BCUT2D eigenvalue weighted by Gasteiger charge is 2.31. The second kappa shape index (κ2) is 6.71. The van der Waals surface area contributed by atoms with Gasteiger partial charge in [-0.15, -0.1) is 0 Å². The van der Waals surface area contributed by atoms with Crippen molar-refractivity contribution in [2.24, 2.45) is 0 Å². The monoisotopic (exact) mass is 306 g/mol. The van der Waals surface area contributed by atoms with E-state index in [1.807, 2.05) is 16.7 Å². The smallest absolute Gasteiger partial charge is 0.409 e. The summed E-state index contributed by atoms with van der Waals surface area (Å²) in [6.07, 6.45) is -0.161. The standard InChI is InChI=1S/C16H22N2O2S/c1-13-15(14-5-3-2-4-6-14)17(10-12-21-13)7-8-18-9-11-20-16(18)19/h2-6,13,15H,7-12H2,1H3/t13-,15-/m1/s1. The molecule has 3 rings (SSSR count). The van der Waals surface area contributed by atoms with Crippen LogP contribution in [0.25, 0.3) is 0 Å². The van der Waals surface area contributed by atoms with Crippen molar-refractivity contribution >= 4 is 17.9 Å². The lowest BCUT2D eigenvalue weighted by Gasteiger charge is -2.40. The van der Waals surface area contributed by atoms with E-state index in [-0.39, 0.29) is 6.09 Å². The van der Waals surface area contributed by atoms with Gasteiger partial charge < -0.3 is 9.64 Å².